The van der Waals surface area contributed by atoms with E-state index in [-0.39, 0.29) is 23.5 Å². The van der Waals surface area contributed by atoms with E-state index in [0.717, 1.165) is 5.56 Å². The first-order valence-electron chi connectivity index (χ1n) is 11.0. The highest BCUT2D eigenvalue weighted by atomic mass is 32.1. The molecule has 0 saturated carbocycles. The number of H-pyrrole nitrogens is 1. The molecule has 2 aromatic carbocycles. The highest BCUT2D eigenvalue weighted by Crippen LogP contribution is 2.13. The largest absolute Gasteiger partial charge is 0.385 e. The van der Waals surface area contributed by atoms with Gasteiger partial charge in [0.2, 0.25) is 0 Å². The summed E-state index contributed by atoms with van der Waals surface area (Å²) in [6.07, 6.45) is 0.669. The van der Waals surface area contributed by atoms with Gasteiger partial charge in [0, 0.05) is 44.1 Å². The standard InChI is InChI=1S/C24H29N5O4S/c1-15(2)26-23(32)27-18-8-5-16(6-9-18)14-25-21(30)17-7-10-19-20(13-17)28-24(34)29(22(19)31)11-4-12-33-3/h5-10,13,15H,4,11-12,14H2,1-3H3,(H,25,30)(H,28,34)(H2,26,27,32). The molecule has 0 spiro atoms. The summed E-state index contributed by atoms with van der Waals surface area (Å²) in [5.74, 6) is -0.274. The maximum absolute atomic E-state index is 12.8. The van der Waals surface area contributed by atoms with E-state index >= 15 is 0 Å². The van der Waals surface area contributed by atoms with E-state index in [1.54, 1.807) is 37.4 Å². The average molecular weight is 484 g/mol. The number of aromatic amines is 1. The molecule has 1 heterocycles. The third kappa shape index (κ3) is 6.52. The maximum Gasteiger partial charge on any atom is 0.319 e. The number of nitrogens with one attached hydrogen (secondary N) is 4. The van der Waals surface area contributed by atoms with Crippen LogP contribution < -0.4 is 21.5 Å². The zero-order valence-electron chi connectivity index (χ0n) is 19.4. The first kappa shape index (κ1) is 25.1. The fourth-order valence-corrected chi connectivity index (χ4v) is 3.67. The second-order valence-electron chi connectivity index (χ2n) is 8.13. The number of hydrogen-bond acceptors (Lipinski definition) is 5. The predicted octanol–water partition coefficient (Wildman–Crippen LogP) is 3.56. The number of urea groups is 1. The van der Waals surface area contributed by atoms with E-state index in [9.17, 15) is 14.4 Å². The molecule has 0 aliphatic carbocycles. The van der Waals surface area contributed by atoms with Gasteiger partial charge in [-0.1, -0.05) is 12.1 Å². The van der Waals surface area contributed by atoms with Gasteiger partial charge in [-0.3, -0.25) is 14.2 Å². The molecule has 3 rings (SSSR count). The van der Waals surface area contributed by atoms with Crippen LogP contribution in [0.4, 0.5) is 10.5 Å². The van der Waals surface area contributed by atoms with Crippen LogP contribution in [-0.2, 0) is 17.8 Å². The Morgan fingerprint density at radius 1 is 1.15 bits per heavy atom. The number of ether oxygens (including phenoxy) is 1. The van der Waals surface area contributed by atoms with Crippen LogP contribution in [0, 0.1) is 4.77 Å². The van der Waals surface area contributed by atoms with Crippen molar-refractivity contribution in [3.63, 3.8) is 0 Å². The molecule has 0 fully saturated rings. The molecule has 3 aromatic rings. The van der Waals surface area contributed by atoms with Crippen molar-refractivity contribution in [3.8, 4) is 0 Å². The van der Waals surface area contributed by atoms with E-state index in [4.69, 9.17) is 17.0 Å². The molecule has 0 saturated heterocycles. The van der Waals surface area contributed by atoms with Crippen molar-refractivity contribution < 1.29 is 14.3 Å². The number of anilines is 1. The Hall–Kier alpha value is -3.50. The van der Waals surface area contributed by atoms with Crippen molar-refractivity contribution in [1.29, 1.82) is 0 Å². The second kappa shape index (κ2) is 11.6. The molecule has 1 aromatic heterocycles. The van der Waals surface area contributed by atoms with Crippen LogP contribution in [0.25, 0.3) is 10.9 Å². The van der Waals surface area contributed by atoms with Crippen molar-refractivity contribution >= 4 is 40.7 Å². The van der Waals surface area contributed by atoms with E-state index < -0.39 is 0 Å². The molecule has 4 N–H and O–H groups in total. The number of carbonyl (C=O) groups is 2. The van der Waals surface area contributed by atoms with Crippen molar-refractivity contribution in [2.24, 2.45) is 0 Å². The van der Waals surface area contributed by atoms with Crippen LogP contribution in [0.15, 0.2) is 47.3 Å². The minimum absolute atomic E-state index is 0.0433. The lowest BCUT2D eigenvalue weighted by molar-refractivity contribution is 0.0951. The molecular weight excluding hydrogens is 454 g/mol. The summed E-state index contributed by atoms with van der Waals surface area (Å²) < 4.78 is 6.85. The number of amides is 3. The summed E-state index contributed by atoms with van der Waals surface area (Å²) in [5.41, 5.74) is 2.27. The molecule has 10 heteroatoms. The Kier molecular flexibility index (Phi) is 8.55. The lowest BCUT2D eigenvalue weighted by Gasteiger charge is -2.11. The average Bonchev–Trinajstić information content (AvgIpc) is 2.79. The molecule has 0 atom stereocenters. The zero-order valence-corrected chi connectivity index (χ0v) is 20.3. The summed E-state index contributed by atoms with van der Waals surface area (Å²) in [4.78, 5) is 40.3. The molecule has 180 valence electrons. The van der Waals surface area contributed by atoms with Gasteiger partial charge in [0.05, 0.1) is 10.9 Å². The number of hydrogen-bond donors (Lipinski definition) is 4. The number of benzene rings is 2. The fourth-order valence-electron chi connectivity index (χ4n) is 3.39. The van der Waals surface area contributed by atoms with E-state index in [2.05, 4.69) is 20.9 Å². The van der Waals surface area contributed by atoms with Crippen LogP contribution in [0.1, 0.15) is 36.2 Å². The third-order valence-electron chi connectivity index (χ3n) is 5.06. The second-order valence-corrected chi connectivity index (χ2v) is 8.51. The number of methoxy groups -OCH3 is 1. The third-order valence-corrected chi connectivity index (χ3v) is 5.38. The van der Waals surface area contributed by atoms with Crippen LogP contribution in [0.2, 0.25) is 0 Å². The summed E-state index contributed by atoms with van der Waals surface area (Å²) in [6, 6.07) is 11.9. The van der Waals surface area contributed by atoms with Gasteiger partial charge >= 0.3 is 6.03 Å². The normalized spacial score (nSPS) is 10.9. The molecule has 9 nitrogen and oxygen atoms in total. The minimum atomic E-state index is -0.274. The molecule has 0 unspecified atom stereocenters. The molecule has 0 aliphatic heterocycles. The highest BCUT2D eigenvalue weighted by molar-refractivity contribution is 7.71. The Morgan fingerprint density at radius 3 is 2.56 bits per heavy atom. The van der Waals surface area contributed by atoms with Crippen LogP contribution in [0.5, 0.6) is 0 Å². The maximum atomic E-state index is 12.8. The van der Waals surface area contributed by atoms with Gasteiger partial charge < -0.3 is 25.7 Å². The van der Waals surface area contributed by atoms with Crippen molar-refractivity contribution in [2.45, 2.75) is 39.4 Å². The quantitative estimate of drug-likeness (QED) is 0.274. The summed E-state index contributed by atoms with van der Waals surface area (Å²) in [7, 11) is 1.61. The Labute approximate surface area is 202 Å². The highest BCUT2D eigenvalue weighted by Gasteiger charge is 2.11. The molecule has 0 aliphatic rings. The van der Waals surface area contributed by atoms with Gasteiger partial charge in [-0.25, -0.2) is 4.79 Å². The first-order chi connectivity index (χ1) is 16.3. The number of carbonyl (C=O) groups excluding carboxylic acids is 2. The molecule has 0 bridgehead atoms. The smallest absolute Gasteiger partial charge is 0.319 e. The van der Waals surface area contributed by atoms with Gasteiger partial charge in [-0.05, 0) is 68.4 Å². The van der Waals surface area contributed by atoms with E-state index in [0.29, 0.717) is 53.0 Å². The van der Waals surface area contributed by atoms with E-state index in [1.165, 1.54) is 4.57 Å². The molecule has 3 amide bonds. The first-order valence-corrected chi connectivity index (χ1v) is 11.4. The van der Waals surface area contributed by atoms with Crippen molar-refractivity contribution in [1.82, 2.24) is 20.2 Å². The SMILES string of the molecule is COCCCn1c(=S)[nH]c2cc(C(=O)NCc3ccc(NC(=O)NC(C)C)cc3)ccc2c1=O. The van der Waals surface area contributed by atoms with Gasteiger partial charge in [0.25, 0.3) is 11.5 Å². The Morgan fingerprint density at radius 2 is 1.88 bits per heavy atom. The van der Waals surface area contributed by atoms with Gasteiger partial charge in [-0.15, -0.1) is 0 Å². The topological polar surface area (TPSA) is 117 Å². The Balaban J connectivity index is 1.65. The monoisotopic (exact) mass is 483 g/mol. The number of rotatable bonds is 9. The summed E-state index contributed by atoms with van der Waals surface area (Å²) >= 11 is 5.33. The summed E-state index contributed by atoms with van der Waals surface area (Å²) in [6.45, 7) is 5.07. The zero-order chi connectivity index (χ0) is 24.7. The molecule has 0 radical (unpaired) electrons. The lowest BCUT2D eigenvalue weighted by atomic mass is 10.1. The number of nitrogens with zero attached hydrogens (tertiary/aromatic N) is 1. The fraction of sp³-hybridized carbons (Fsp3) is 0.333. The van der Waals surface area contributed by atoms with Crippen LogP contribution >= 0.6 is 12.2 Å². The van der Waals surface area contributed by atoms with Crippen molar-refractivity contribution in [2.75, 3.05) is 19.0 Å². The van der Waals surface area contributed by atoms with Crippen molar-refractivity contribution in [3.05, 3.63) is 68.7 Å². The lowest BCUT2D eigenvalue weighted by Crippen LogP contribution is -2.34. The minimum Gasteiger partial charge on any atom is -0.385 e. The predicted molar refractivity (Wildman–Crippen MR) is 135 cm³/mol. The Bertz CT molecular complexity index is 1280. The molecular formula is C24H29N5O4S. The number of aromatic nitrogens is 2. The van der Waals surface area contributed by atoms with Crippen LogP contribution in [0.3, 0.4) is 0 Å². The van der Waals surface area contributed by atoms with Gasteiger partial charge in [0.15, 0.2) is 4.77 Å². The van der Waals surface area contributed by atoms with Crippen LogP contribution in [-0.4, -0.2) is 41.2 Å². The van der Waals surface area contributed by atoms with Gasteiger partial charge in [0.1, 0.15) is 0 Å². The number of fused-ring (bicyclic) bond motifs is 1. The van der Waals surface area contributed by atoms with Gasteiger partial charge in [-0.2, -0.15) is 0 Å². The summed E-state index contributed by atoms with van der Waals surface area (Å²) in [5, 5.41) is 8.84. The molecule has 34 heavy (non-hydrogen) atoms. The van der Waals surface area contributed by atoms with E-state index in [1.807, 2.05) is 26.0 Å².